The summed E-state index contributed by atoms with van der Waals surface area (Å²) in [4.78, 5) is 15.1. The van der Waals surface area contributed by atoms with Gasteiger partial charge in [0.25, 0.3) is 5.91 Å². The topological polar surface area (TPSA) is 91.8 Å². The van der Waals surface area contributed by atoms with Crippen molar-refractivity contribution in [1.82, 2.24) is 4.31 Å². The lowest BCUT2D eigenvalue weighted by molar-refractivity contribution is 0.0983. The standard InChI is InChI=1S/C24H28N2O5S2/c1-18(2)19-5-9-21(10-6-19)26(22-13-16-32(28,29)17-22)24(27)20-7-11-23(12-8-20)33(30,31)25-14-3-4-15-25/h5-13,16,18,22H,3-4,14-15,17H2,1-2H3/t22-/m0/s1. The third-order valence-corrected chi connectivity index (χ3v) is 9.39. The lowest BCUT2D eigenvalue weighted by Gasteiger charge is -2.28. The van der Waals surface area contributed by atoms with Gasteiger partial charge in [-0.1, -0.05) is 26.0 Å². The minimum Gasteiger partial charge on any atom is -0.300 e. The molecule has 1 fully saturated rings. The molecule has 0 aliphatic carbocycles. The first-order valence-electron chi connectivity index (χ1n) is 11.0. The molecule has 2 aromatic carbocycles. The molecule has 0 saturated carbocycles. The zero-order valence-corrected chi connectivity index (χ0v) is 20.3. The first kappa shape index (κ1) is 23.7. The number of nitrogens with zero attached hydrogens (tertiary/aromatic N) is 2. The molecule has 0 radical (unpaired) electrons. The molecule has 33 heavy (non-hydrogen) atoms. The van der Waals surface area contributed by atoms with E-state index in [-0.39, 0.29) is 16.6 Å². The second-order valence-corrected chi connectivity index (χ2v) is 12.7. The molecule has 2 aromatic rings. The van der Waals surface area contributed by atoms with Crippen LogP contribution in [-0.2, 0) is 19.9 Å². The van der Waals surface area contributed by atoms with Crippen LogP contribution in [0.2, 0.25) is 0 Å². The zero-order chi connectivity index (χ0) is 23.8. The molecule has 176 valence electrons. The van der Waals surface area contributed by atoms with E-state index in [0.717, 1.165) is 23.8 Å². The van der Waals surface area contributed by atoms with Crippen LogP contribution in [0.5, 0.6) is 0 Å². The van der Waals surface area contributed by atoms with Crippen molar-refractivity contribution in [3.63, 3.8) is 0 Å². The Kier molecular flexibility index (Phi) is 6.48. The molecule has 0 unspecified atom stereocenters. The van der Waals surface area contributed by atoms with Crippen LogP contribution in [0.25, 0.3) is 0 Å². The van der Waals surface area contributed by atoms with Crippen molar-refractivity contribution in [3.05, 3.63) is 71.1 Å². The normalized spacial score (nSPS) is 20.4. The van der Waals surface area contributed by atoms with Gasteiger partial charge in [0.2, 0.25) is 10.0 Å². The molecule has 1 atom stereocenters. The minimum atomic E-state index is -3.58. The number of amides is 1. The van der Waals surface area contributed by atoms with E-state index in [4.69, 9.17) is 0 Å². The molecule has 1 amide bonds. The van der Waals surface area contributed by atoms with E-state index in [0.29, 0.717) is 30.3 Å². The monoisotopic (exact) mass is 488 g/mol. The van der Waals surface area contributed by atoms with Gasteiger partial charge in [-0.3, -0.25) is 4.79 Å². The van der Waals surface area contributed by atoms with Crippen molar-refractivity contribution in [2.24, 2.45) is 0 Å². The van der Waals surface area contributed by atoms with Gasteiger partial charge < -0.3 is 4.90 Å². The summed E-state index contributed by atoms with van der Waals surface area (Å²) in [7, 11) is -6.96. The van der Waals surface area contributed by atoms with Crippen molar-refractivity contribution >= 4 is 31.5 Å². The molecular formula is C24H28N2O5S2. The van der Waals surface area contributed by atoms with Crippen molar-refractivity contribution in [2.75, 3.05) is 23.7 Å². The molecule has 4 rings (SSSR count). The maximum atomic E-state index is 13.5. The van der Waals surface area contributed by atoms with Gasteiger partial charge in [0.05, 0.1) is 16.7 Å². The number of carbonyl (C=O) groups is 1. The minimum absolute atomic E-state index is 0.150. The fourth-order valence-corrected chi connectivity index (χ4v) is 6.97. The predicted octanol–water partition coefficient (Wildman–Crippen LogP) is 3.55. The van der Waals surface area contributed by atoms with Crippen molar-refractivity contribution in [3.8, 4) is 0 Å². The SMILES string of the molecule is CC(C)c1ccc(N(C(=O)c2ccc(S(=O)(=O)N3CCCC3)cc2)[C@H]2C=CS(=O)(=O)C2)cc1. The summed E-state index contributed by atoms with van der Waals surface area (Å²) in [6, 6.07) is 12.7. The fraction of sp³-hybridized carbons (Fsp3) is 0.375. The molecule has 2 heterocycles. The average Bonchev–Trinajstić information content (AvgIpc) is 3.45. The second kappa shape index (κ2) is 9.04. The van der Waals surface area contributed by atoms with E-state index in [2.05, 4.69) is 13.8 Å². The van der Waals surface area contributed by atoms with Gasteiger partial charge in [-0.25, -0.2) is 16.8 Å². The molecule has 0 aromatic heterocycles. The van der Waals surface area contributed by atoms with Crippen LogP contribution in [0, 0.1) is 0 Å². The van der Waals surface area contributed by atoms with Crippen LogP contribution in [0.1, 0.15) is 48.5 Å². The highest BCUT2D eigenvalue weighted by Crippen LogP contribution is 2.28. The number of benzene rings is 2. The highest BCUT2D eigenvalue weighted by Gasteiger charge is 2.33. The first-order valence-corrected chi connectivity index (χ1v) is 14.2. The number of sulfone groups is 1. The summed E-state index contributed by atoms with van der Waals surface area (Å²) in [5, 5.41) is 1.14. The predicted molar refractivity (Wildman–Crippen MR) is 128 cm³/mol. The molecule has 0 bridgehead atoms. The van der Waals surface area contributed by atoms with Gasteiger partial charge in [0.1, 0.15) is 0 Å². The van der Waals surface area contributed by atoms with E-state index in [1.807, 2.05) is 24.3 Å². The molecule has 9 heteroatoms. The van der Waals surface area contributed by atoms with Crippen molar-refractivity contribution in [2.45, 2.75) is 43.5 Å². The molecular weight excluding hydrogens is 460 g/mol. The van der Waals surface area contributed by atoms with Crippen LogP contribution in [0.3, 0.4) is 0 Å². The Morgan fingerprint density at radius 2 is 1.61 bits per heavy atom. The number of hydrogen-bond acceptors (Lipinski definition) is 5. The first-order chi connectivity index (χ1) is 15.6. The number of hydrogen-bond donors (Lipinski definition) is 0. The van der Waals surface area contributed by atoms with E-state index in [1.165, 1.54) is 39.5 Å². The summed E-state index contributed by atoms with van der Waals surface area (Å²) < 4.78 is 51.2. The summed E-state index contributed by atoms with van der Waals surface area (Å²) in [6.45, 7) is 5.15. The van der Waals surface area contributed by atoms with Crippen molar-refractivity contribution < 1.29 is 21.6 Å². The lowest BCUT2D eigenvalue weighted by atomic mass is 10.0. The van der Waals surface area contributed by atoms with Crippen LogP contribution < -0.4 is 4.90 Å². The fourth-order valence-electron chi connectivity index (χ4n) is 4.19. The summed E-state index contributed by atoms with van der Waals surface area (Å²) >= 11 is 0. The van der Waals surface area contributed by atoms with Gasteiger partial charge in [-0.05, 0) is 66.8 Å². The van der Waals surface area contributed by atoms with Crippen molar-refractivity contribution in [1.29, 1.82) is 0 Å². The van der Waals surface area contributed by atoms with Gasteiger partial charge in [0.15, 0.2) is 9.84 Å². The van der Waals surface area contributed by atoms with E-state index in [9.17, 15) is 21.6 Å². The molecule has 1 saturated heterocycles. The van der Waals surface area contributed by atoms with Gasteiger partial charge in [0, 0.05) is 29.7 Å². The highest BCUT2D eigenvalue weighted by atomic mass is 32.2. The van der Waals surface area contributed by atoms with Crippen LogP contribution in [0.15, 0.2) is 64.9 Å². The smallest absolute Gasteiger partial charge is 0.258 e. The number of anilines is 1. The summed E-state index contributed by atoms with van der Waals surface area (Å²) in [5.41, 5.74) is 1.99. The van der Waals surface area contributed by atoms with Crippen LogP contribution >= 0.6 is 0 Å². The quantitative estimate of drug-likeness (QED) is 0.620. The molecule has 7 nitrogen and oxygen atoms in total. The average molecular weight is 489 g/mol. The maximum absolute atomic E-state index is 13.5. The Bertz CT molecular complexity index is 1260. The summed E-state index contributed by atoms with van der Waals surface area (Å²) in [5.74, 6) is -0.254. The Balaban J connectivity index is 1.65. The number of sulfonamides is 1. The van der Waals surface area contributed by atoms with Crippen LogP contribution in [-0.4, -0.2) is 51.9 Å². The molecule has 0 spiro atoms. The van der Waals surface area contributed by atoms with Crippen LogP contribution in [0.4, 0.5) is 5.69 Å². The lowest BCUT2D eigenvalue weighted by Crippen LogP contribution is -2.41. The third kappa shape index (κ3) is 4.90. The van der Waals surface area contributed by atoms with Gasteiger partial charge in [-0.15, -0.1) is 0 Å². The summed E-state index contributed by atoms with van der Waals surface area (Å²) in [6.07, 6.45) is 3.21. The zero-order valence-electron chi connectivity index (χ0n) is 18.7. The Labute approximate surface area is 195 Å². The number of carbonyl (C=O) groups excluding carboxylic acids is 1. The van der Waals surface area contributed by atoms with Gasteiger partial charge in [-0.2, -0.15) is 4.31 Å². The third-order valence-electron chi connectivity index (χ3n) is 6.10. The van der Waals surface area contributed by atoms with E-state index < -0.39 is 25.9 Å². The Morgan fingerprint density at radius 3 is 2.12 bits per heavy atom. The largest absolute Gasteiger partial charge is 0.300 e. The maximum Gasteiger partial charge on any atom is 0.258 e. The van der Waals surface area contributed by atoms with E-state index in [1.54, 1.807) is 0 Å². The Morgan fingerprint density at radius 1 is 1.00 bits per heavy atom. The second-order valence-electron chi connectivity index (χ2n) is 8.78. The number of rotatable bonds is 6. The molecule has 2 aliphatic heterocycles. The highest BCUT2D eigenvalue weighted by molar-refractivity contribution is 7.94. The molecule has 0 N–H and O–H groups in total. The van der Waals surface area contributed by atoms with E-state index >= 15 is 0 Å². The Hall–Kier alpha value is -2.49. The van der Waals surface area contributed by atoms with Gasteiger partial charge >= 0.3 is 0 Å². The molecule has 2 aliphatic rings.